The number of hydrogen-bond acceptors (Lipinski definition) is 2. The molecule has 0 heterocycles. The van der Waals surface area contributed by atoms with Crippen LogP contribution in [0.1, 0.15) is 55.4 Å². The van der Waals surface area contributed by atoms with E-state index in [1.54, 1.807) is 0 Å². The van der Waals surface area contributed by atoms with E-state index in [2.05, 4.69) is 98.7 Å². The van der Waals surface area contributed by atoms with Crippen LogP contribution in [-0.2, 0) is 4.52 Å². The quantitative estimate of drug-likeness (QED) is 0.315. The summed E-state index contributed by atoms with van der Waals surface area (Å²) in [5, 5.41) is 0.720. The minimum absolute atomic E-state index is 0.133. The molecule has 1 unspecified atom stereocenters. The summed E-state index contributed by atoms with van der Waals surface area (Å²) in [7, 11) is -3.51. The maximum Gasteiger partial charge on any atom is 0.118 e. The summed E-state index contributed by atoms with van der Waals surface area (Å²) in [6, 6.07) is 0. The Balaban J connectivity index is 5.92. The van der Waals surface area contributed by atoms with Crippen LogP contribution in [0.25, 0.3) is 0 Å². The molecule has 0 aromatic carbocycles. The van der Waals surface area contributed by atoms with Crippen molar-refractivity contribution in [1.82, 2.24) is 4.00 Å². The second-order valence-corrected chi connectivity index (χ2v) is 27.8. The van der Waals surface area contributed by atoms with Crippen molar-refractivity contribution in [3.8, 4) is 0 Å². The summed E-state index contributed by atoms with van der Waals surface area (Å²) in [5.74, 6) is 1.25. The van der Waals surface area contributed by atoms with Crippen molar-refractivity contribution in [3.63, 3.8) is 0 Å². The van der Waals surface area contributed by atoms with Gasteiger partial charge in [0.05, 0.1) is 14.4 Å². The Hall–Kier alpha value is 1.21. The highest BCUT2D eigenvalue weighted by Gasteiger charge is 2.44. The van der Waals surface area contributed by atoms with E-state index in [-0.39, 0.29) is 7.92 Å². The molecule has 0 aromatic rings. The Kier molecular flexibility index (Phi) is 8.91. The van der Waals surface area contributed by atoms with Gasteiger partial charge in [0, 0.05) is 5.90 Å². The summed E-state index contributed by atoms with van der Waals surface area (Å²) in [6.07, 6.45) is 0.308. The molecule has 0 saturated carbocycles. The van der Waals surface area contributed by atoms with Crippen LogP contribution < -0.4 is 0 Å². The maximum absolute atomic E-state index is 6.66. The Morgan fingerprint density at radius 1 is 0.792 bits per heavy atom. The predicted octanol–water partition coefficient (Wildman–Crippen LogP) is 7.73. The first-order valence-corrected chi connectivity index (χ1v) is 19.1. The molecule has 146 valence electrons. The number of hydrogen-bond donors (Lipinski definition) is 0. The van der Waals surface area contributed by atoms with Crippen LogP contribution in [0.4, 0.5) is 0 Å². The molecule has 0 aliphatic carbocycles. The van der Waals surface area contributed by atoms with Gasteiger partial charge in [-0.05, 0) is 24.2 Å². The van der Waals surface area contributed by atoms with Crippen molar-refractivity contribution in [3.05, 3.63) is 0 Å². The van der Waals surface area contributed by atoms with E-state index in [1.807, 2.05) is 0 Å². The van der Waals surface area contributed by atoms with Crippen molar-refractivity contribution >= 4 is 32.7 Å². The van der Waals surface area contributed by atoms with Crippen LogP contribution in [0, 0.1) is 0 Å². The highest BCUT2D eigenvalue weighted by atomic mass is 31.2. The molecule has 0 aliphatic rings. The van der Waals surface area contributed by atoms with Gasteiger partial charge in [0.25, 0.3) is 0 Å². The molecule has 1 atom stereocenters. The topological polar surface area (TPSA) is 12.5 Å². The van der Waals surface area contributed by atoms with Gasteiger partial charge in [-0.25, -0.2) is 0 Å². The van der Waals surface area contributed by atoms with Crippen LogP contribution in [0.5, 0.6) is 0 Å². The third-order valence-corrected chi connectivity index (χ3v) is 21.7. The fourth-order valence-electron chi connectivity index (χ4n) is 3.61. The third kappa shape index (κ3) is 8.27. The maximum atomic E-state index is 6.66. The molecular weight excluding hydrogens is 364 g/mol. The van der Waals surface area contributed by atoms with E-state index in [1.165, 1.54) is 5.90 Å². The molecule has 0 radical (unpaired) electrons. The van der Waals surface area contributed by atoms with Crippen molar-refractivity contribution in [2.45, 2.75) is 111 Å². The summed E-state index contributed by atoms with van der Waals surface area (Å²) in [5.41, 5.74) is 0. The van der Waals surface area contributed by atoms with Crippen molar-refractivity contribution in [2.75, 3.05) is 5.90 Å². The molecule has 0 saturated heterocycles. The van der Waals surface area contributed by atoms with Crippen LogP contribution >= 0.6 is 16.2 Å². The first kappa shape index (κ1) is 25.2. The van der Waals surface area contributed by atoms with E-state index in [4.69, 9.17) is 4.52 Å². The minimum atomic E-state index is -1.43. The Labute approximate surface area is 158 Å². The van der Waals surface area contributed by atoms with Crippen molar-refractivity contribution < 1.29 is 4.52 Å². The highest BCUT2D eigenvalue weighted by Crippen LogP contribution is 2.67. The van der Waals surface area contributed by atoms with Gasteiger partial charge >= 0.3 is 0 Å². The first-order chi connectivity index (χ1) is 10.3. The molecule has 0 rings (SSSR count). The summed E-state index contributed by atoms with van der Waals surface area (Å²) >= 11 is 0. The summed E-state index contributed by atoms with van der Waals surface area (Å²) in [6.45, 7) is 34.0. The van der Waals surface area contributed by atoms with E-state index in [9.17, 15) is 0 Å². The number of nitrogens with zero attached hydrogens (tertiary/aromatic N) is 1. The van der Waals surface area contributed by atoms with Crippen molar-refractivity contribution in [1.29, 1.82) is 0 Å². The SMILES string of the molecule is CC(C)OP(CP(C(C)(C)C)C(C)(C)C)N([Si](C)(C)C)[Si](C)(C)C. The Morgan fingerprint density at radius 2 is 1.12 bits per heavy atom. The van der Waals surface area contributed by atoms with Gasteiger partial charge in [0.2, 0.25) is 0 Å². The lowest BCUT2D eigenvalue weighted by atomic mass is 10.2. The third-order valence-electron chi connectivity index (χ3n) is 3.71. The molecule has 0 N–H and O–H groups in total. The summed E-state index contributed by atoms with van der Waals surface area (Å²) in [4.78, 5) is 0. The lowest BCUT2D eigenvalue weighted by molar-refractivity contribution is 0.264. The molecule has 24 heavy (non-hydrogen) atoms. The van der Waals surface area contributed by atoms with Crippen LogP contribution in [0.2, 0.25) is 39.3 Å². The average molecular weight is 410 g/mol. The Morgan fingerprint density at radius 3 is 1.33 bits per heavy atom. The van der Waals surface area contributed by atoms with E-state index in [0.717, 1.165) is 0 Å². The second kappa shape index (κ2) is 8.49. The predicted molar refractivity (Wildman–Crippen MR) is 123 cm³/mol. The van der Waals surface area contributed by atoms with Crippen LogP contribution in [-0.4, -0.2) is 42.8 Å². The standard InChI is InChI=1S/C18H45NOP2Si2/c1-16(2)20-22(19(23(9,10)11)24(12,13)14)15-21(17(3,4)5)18(6,7)8/h16H,15H2,1-14H3. The second-order valence-electron chi connectivity index (χ2n) is 11.1. The monoisotopic (exact) mass is 409 g/mol. The van der Waals surface area contributed by atoms with Gasteiger partial charge in [-0.15, -0.1) is 0 Å². The molecule has 2 nitrogen and oxygen atoms in total. The molecule has 0 amide bonds. The smallest absolute Gasteiger partial charge is 0.118 e. The molecule has 0 spiro atoms. The zero-order valence-electron chi connectivity index (χ0n) is 19.0. The van der Waals surface area contributed by atoms with Crippen LogP contribution in [0.3, 0.4) is 0 Å². The van der Waals surface area contributed by atoms with E-state index >= 15 is 0 Å². The zero-order chi connectivity index (χ0) is 19.7. The lowest BCUT2D eigenvalue weighted by Crippen LogP contribution is -2.56. The molecule has 0 aromatic heterocycles. The molecule has 6 heteroatoms. The minimum Gasteiger partial charge on any atom is -0.342 e. The molecule has 0 fully saturated rings. The largest absolute Gasteiger partial charge is 0.342 e. The fourth-order valence-corrected chi connectivity index (χ4v) is 26.2. The first-order valence-electron chi connectivity index (χ1n) is 9.30. The van der Waals surface area contributed by atoms with Gasteiger partial charge in [-0.3, -0.25) is 0 Å². The van der Waals surface area contributed by atoms with E-state index in [0.29, 0.717) is 16.4 Å². The van der Waals surface area contributed by atoms with Crippen molar-refractivity contribution in [2.24, 2.45) is 0 Å². The highest BCUT2D eigenvalue weighted by molar-refractivity contribution is 7.74. The van der Waals surface area contributed by atoms with Gasteiger partial charge in [-0.2, -0.15) is 0 Å². The van der Waals surface area contributed by atoms with Gasteiger partial charge in [-0.1, -0.05) is 88.7 Å². The van der Waals surface area contributed by atoms with Gasteiger partial charge < -0.3 is 8.53 Å². The normalized spacial score (nSPS) is 16.4. The Bertz CT molecular complexity index is 362. The zero-order valence-corrected chi connectivity index (χ0v) is 22.8. The van der Waals surface area contributed by atoms with E-state index < -0.39 is 24.8 Å². The fraction of sp³-hybridized carbons (Fsp3) is 1.00. The number of rotatable bonds is 7. The van der Waals surface area contributed by atoms with Gasteiger partial charge in [0.15, 0.2) is 0 Å². The summed E-state index contributed by atoms with van der Waals surface area (Å²) < 4.78 is 9.60. The van der Waals surface area contributed by atoms with Crippen LogP contribution in [0.15, 0.2) is 0 Å². The molecule has 0 bridgehead atoms. The van der Waals surface area contributed by atoms with Gasteiger partial charge in [0.1, 0.15) is 16.5 Å². The molecule has 0 aliphatic heterocycles. The lowest BCUT2D eigenvalue weighted by Gasteiger charge is -2.51. The molecular formula is C18H45NOP2Si2. The average Bonchev–Trinajstić information content (AvgIpc) is 2.16.